The van der Waals surface area contributed by atoms with E-state index in [1.54, 1.807) is 0 Å². The summed E-state index contributed by atoms with van der Waals surface area (Å²) in [6.45, 7) is 2.12. The van der Waals surface area contributed by atoms with Gasteiger partial charge < -0.3 is 4.90 Å². The van der Waals surface area contributed by atoms with Crippen LogP contribution in [0.1, 0.15) is 43.7 Å². The second kappa shape index (κ2) is 9.31. The zero-order chi connectivity index (χ0) is 19.1. The molecule has 1 aliphatic heterocycles. The maximum absolute atomic E-state index is 13.1. The molecule has 3 heteroatoms. The van der Waals surface area contributed by atoms with Crippen LogP contribution in [0.2, 0.25) is 0 Å². The van der Waals surface area contributed by atoms with Gasteiger partial charge in [0, 0.05) is 24.2 Å². The first-order chi connectivity index (χ1) is 13.2. The van der Waals surface area contributed by atoms with E-state index in [4.69, 9.17) is 0 Å². The third kappa shape index (κ3) is 5.16. The van der Waals surface area contributed by atoms with Gasteiger partial charge in [0.1, 0.15) is 0 Å². The maximum Gasteiger partial charge on any atom is 0.231 e. The second-order valence-electron chi connectivity index (χ2n) is 7.19. The molecule has 140 valence electrons. The standard InChI is InChI=1S/C24H27NO2/c1-2-3-14-21-18-25(24(27)16-20-12-8-5-9-13-20)22(17-23(21)26)15-19-10-6-4-7-11-19/h4-13,18,22H,2-3,14-17H2,1H3. The first-order valence-corrected chi connectivity index (χ1v) is 9.80. The molecule has 2 aromatic rings. The van der Waals surface area contributed by atoms with Crippen molar-refractivity contribution in [2.45, 2.75) is 51.5 Å². The highest BCUT2D eigenvalue weighted by Gasteiger charge is 2.31. The summed E-state index contributed by atoms with van der Waals surface area (Å²) in [6, 6.07) is 19.8. The number of Topliss-reactive ketones (excluding diaryl/α,β-unsaturated/α-hetero) is 1. The molecule has 1 heterocycles. The molecule has 0 bridgehead atoms. The number of allylic oxidation sites excluding steroid dienone is 1. The molecule has 1 aliphatic rings. The highest BCUT2D eigenvalue weighted by atomic mass is 16.2. The number of rotatable bonds is 7. The number of carbonyl (C=O) groups excluding carboxylic acids is 2. The lowest BCUT2D eigenvalue weighted by Gasteiger charge is -2.33. The van der Waals surface area contributed by atoms with Crippen LogP contribution in [0.4, 0.5) is 0 Å². The van der Waals surface area contributed by atoms with Crippen molar-refractivity contribution < 1.29 is 9.59 Å². The summed E-state index contributed by atoms with van der Waals surface area (Å²) in [5.74, 6) is 0.247. The van der Waals surface area contributed by atoms with Gasteiger partial charge in [-0.1, -0.05) is 74.0 Å². The number of amides is 1. The van der Waals surface area contributed by atoms with E-state index in [-0.39, 0.29) is 17.7 Å². The molecule has 0 aromatic heterocycles. The summed E-state index contributed by atoms with van der Waals surface area (Å²) in [5.41, 5.74) is 2.95. The fraction of sp³-hybridized carbons (Fsp3) is 0.333. The molecule has 0 saturated heterocycles. The summed E-state index contributed by atoms with van der Waals surface area (Å²) in [5, 5.41) is 0. The van der Waals surface area contributed by atoms with Crippen molar-refractivity contribution in [1.82, 2.24) is 4.90 Å². The molecular formula is C24H27NO2. The lowest BCUT2D eigenvalue weighted by atomic mass is 9.91. The van der Waals surface area contributed by atoms with Crippen LogP contribution in [0.25, 0.3) is 0 Å². The number of hydrogen-bond donors (Lipinski definition) is 0. The summed E-state index contributed by atoms with van der Waals surface area (Å²) in [4.78, 5) is 27.5. The van der Waals surface area contributed by atoms with E-state index < -0.39 is 0 Å². The molecule has 1 unspecified atom stereocenters. The Hall–Kier alpha value is -2.68. The van der Waals surface area contributed by atoms with Crippen LogP contribution in [0.15, 0.2) is 72.4 Å². The van der Waals surface area contributed by atoms with E-state index in [1.807, 2.05) is 59.6 Å². The molecule has 1 amide bonds. The molecule has 0 spiro atoms. The van der Waals surface area contributed by atoms with Crippen LogP contribution in [-0.2, 0) is 22.4 Å². The van der Waals surface area contributed by atoms with Gasteiger partial charge in [-0.25, -0.2) is 0 Å². The molecular weight excluding hydrogens is 334 g/mol. The predicted octanol–water partition coefficient (Wildman–Crippen LogP) is 4.72. The fourth-order valence-corrected chi connectivity index (χ4v) is 3.55. The van der Waals surface area contributed by atoms with Crippen LogP contribution < -0.4 is 0 Å². The van der Waals surface area contributed by atoms with Gasteiger partial charge in [-0.15, -0.1) is 0 Å². The molecule has 0 fully saturated rings. The third-order valence-electron chi connectivity index (χ3n) is 5.07. The SMILES string of the molecule is CCCCC1=CN(C(=O)Cc2ccccc2)C(Cc2ccccc2)CC1=O. The zero-order valence-corrected chi connectivity index (χ0v) is 15.9. The molecule has 0 N–H and O–H groups in total. The van der Waals surface area contributed by atoms with Crippen LogP contribution in [0.5, 0.6) is 0 Å². The molecule has 27 heavy (non-hydrogen) atoms. The van der Waals surface area contributed by atoms with Crippen LogP contribution in [0, 0.1) is 0 Å². The Labute approximate surface area is 161 Å². The van der Waals surface area contributed by atoms with Gasteiger partial charge in [0.2, 0.25) is 5.91 Å². The molecule has 0 saturated carbocycles. The lowest BCUT2D eigenvalue weighted by Crippen LogP contribution is -2.43. The topological polar surface area (TPSA) is 37.4 Å². The van der Waals surface area contributed by atoms with Crippen LogP contribution in [-0.4, -0.2) is 22.6 Å². The highest BCUT2D eigenvalue weighted by molar-refractivity contribution is 5.98. The Balaban J connectivity index is 1.83. The monoisotopic (exact) mass is 361 g/mol. The number of hydrogen-bond acceptors (Lipinski definition) is 2. The van der Waals surface area contributed by atoms with Crippen molar-refractivity contribution in [2.24, 2.45) is 0 Å². The molecule has 0 aliphatic carbocycles. The summed E-state index contributed by atoms with van der Waals surface area (Å²) in [7, 11) is 0. The van der Waals surface area contributed by atoms with Crippen molar-refractivity contribution in [1.29, 1.82) is 0 Å². The van der Waals surface area contributed by atoms with E-state index in [1.165, 1.54) is 0 Å². The van der Waals surface area contributed by atoms with Crippen molar-refractivity contribution in [2.75, 3.05) is 0 Å². The summed E-state index contributed by atoms with van der Waals surface area (Å²) >= 11 is 0. The third-order valence-corrected chi connectivity index (χ3v) is 5.07. The average molecular weight is 361 g/mol. The van der Waals surface area contributed by atoms with E-state index in [9.17, 15) is 9.59 Å². The smallest absolute Gasteiger partial charge is 0.231 e. The Morgan fingerprint density at radius 2 is 1.63 bits per heavy atom. The quantitative estimate of drug-likeness (QED) is 0.716. The minimum absolute atomic E-state index is 0.0589. The van der Waals surface area contributed by atoms with Crippen molar-refractivity contribution in [3.63, 3.8) is 0 Å². The fourth-order valence-electron chi connectivity index (χ4n) is 3.55. The summed E-state index contributed by atoms with van der Waals surface area (Å²) < 4.78 is 0. The van der Waals surface area contributed by atoms with Gasteiger partial charge in [0.15, 0.2) is 5.78 Å². The van der Waals surface area contributed by atoms with Crippen molar-refractivity contribution in [3.8, 4) is 0 Å². The van der Waals surface area contributed by atoms with Crippen LogP contribution >= 0.6 is 0 Å². The second-order valence-corrected chi connectivity index (χ2v) is 7.19. The number of nitrogens with zero attached hydrogens (tertiary/aromatic N) is 1. The predicted molar refractivity (Wildman–Crippen MR) is 108 cm³/mol. The Bertz CT molecular complexity index is 796. The van der Waals surface area contributed by atoms with Crippen molar-refractivity contribution in [3.05, 3.63) is 83.6 Å². The Morgan fingerprint density at radius 1 is 1.00 bits per heavy atom. The molecule has 0 radical (unpaired) electrons. The normalized spacial score (nSPS) is 16.9. The molecule has 2 aromatic carbocycles. The van der Waals surface area contributed by atoms with Gasteiger partial charge >= 0.3 is 0 Å². The van der Waals surface area contributed by atoms with E-state index in [0.717, 1.165) is 36.0 Å². The largest absolute Gasteiger partial charge is 0.315 e. The van der Waals surface area contributed by atoms with Gasteiger partial charge in [0.05, 0.1) is 6.42 Å². The van der Waals surface area contributed by atoms with Gasteiger partial charge in [-0.3, -0.25) is 9.59 Å². The van der Waals surface area contributed by atoms with Gasteiger partial charge in [-0.2, -0.15) is 0 Å². The number of ketones is 1. The van der Waals surface area contributed by atoms with E-state index in [2.05, 4.69) is 19.1 Å². The summed E-state index contributed by atoms with van der Waals surface area (Å²) in [6.07, 6.45) is 6.06. The average Bonchev–Trinajstić information content (AvgIpc) is 2.69. The van der Waals surface area contributed by atoms with Gasteiger partial charge in [-0.05, 0) is 30.4 Å². The van der Waals surface area contributed by atoms with Crippen molar-refractivity contribution >= 4 is 11.7 Å². The molecule has 3 nitrogen and oxygen atoms in total. The zero-order valence-electron chi connectivity index (χ0n) is 15.9. The minimum Gasteiger partial charge on any atom is -0.315 e. The van der Waals surface area contributed by atoms with E-state index >= 15 is 0 Å². The Morgan fingerprint density at radius 3 is 2.26 bits per heavy atom. The highest BCUT2D eigenvalue weighted by Crippen LogP contribution is 2.25. The number of benzene rings is 2. The number of carbonyl (C=O) groups is 2. The number of unbranched alkanes of at least 4 members (excludes halogenated alkanes) is 1. The lowest BCUT2D eigenvalue weighted by molar-refractivity contribution is -0.131. The van der Waals surface area contributed by atoms with Gasteiger partial charge in [0.25, 0.3) is 0 Å². The first kappa shape index (κ1) is 19.1. The van der Waals surface area contributed by atoms with E-state index in [0.29, 0.717) is 19.3 Å². The first-order valence-electron chi connectivity index (χ1n) is 9.80. The molecule has 1 atom stereocenters. The molecule has 3 rings (SSSR count). The van der Waals surface area contributed by atoms with Crippen LogP contribution in [0.3, 0.4) is 0 Å². The maximum atomic E-state index is 13.1. The Kier molecular flexibility index (Phi) is 6.59. The minimum atomic E-state index is -0.110.